The van der Waals surface area contributed by atoms with Gasteiger partial charge in [-0.1, -0.05) is 0 Å². The first-order valence-electron chi connectivity index (χ1n) is 4.18. The van der Waals surface area contributed by atoms with Crippen LogP contribution in [0.5, 0.6) is 0 Å². The van der Waals surface area contributed by atoms with Crippen LogP contribution in [0.4, 0.5) is 0 Å². The Morgan fingerprint density at radius 1 is 1.53 bits per heavy atom. The molecule has 0 aliphatic carbocycles. The third-order valence-electron chi connectivity index (χ3n) is 2.10. The van der Waals surface area contributed by atoms with E-state index in [0.717, 1.165) is 18.9 Å². The molecule has 0 aliphatic heterocycles. The lowest BCUT2D eigenvalue weighted by molar-refractivity contribution is 0.0595. The van der Waals surface area contributed by atoms with Gasteiger partial charge in [0.15, 0.2) is 0 Å². The summed E-state index contributed by atoms with van der Waals surface area (Å²) in [6, 6.07) is 5.70. The standard InChI is InChI=1S/C10H7BrINO2/c1-15-10(14)8-4-5-7(13-8)3-2-6(12)9(5)11/h2-4,13H,1H3. The molecule has 2 rings (SSSR count). The van der Waals surface area contributed by atoms with Gasteiger partial charge in [0.1, 0.15) is 5.69 Å². The third-order valence-corrected chi connectivity index (χ3v) is 4.59. The summed E-state index contributed by atoms with van der Waals surface area (Å²) in [6.45, 7) is 0. The molecule has 0 spiro atoms. The highest BCUT2D eigenvalue weighted by molar-refractivity contribution is 14.1. The van der Waals surface area contributed by atoms with Crippen molar-refractivity contribution in [2.24, 2.45) is 0 Å². The van der Waals surface area contributed by atoms with Gasteiger partial charge in [0.05, 0.1) is 7.11 Å². The molecule has 0 bridgehead atoms. The second-order valence-electron chi connectivity index (χ2n) is 3.00. The van der Waals surface area contributed by atoms with Gasteiger partial charge in [-0.05, 0) is 56.7 Å². The number of hydrogen-bond donors (Lipinski definition) is 1. The van der Waals surface area contributed by atoms with Crippen molar-refractivity contribution in [1.29, 1.82) is 0 Å². The summed E-state index contributed by atoms with van der Waals surface area (Å²) < 4.78 is 6.75. The molecular formula is C10H7BrINO2. The topological polar surface area (TPSA) is 42.1 Å². The zero-order valence-electron chi connectivity index (χ0n) is 7.80. The van der Waals surface area contributed by atoms with E-state index >= 15 is 0 Å². The zero-order valence-corrected chi connectivity index (χ0v) is 11.5. The second kappa shape index (κ2) is 4.13. The number of nitrogens with one attached hydrogen (secondary N) is 1. The summed E-state index contributed by atoms with van der Waals surface area (Å²) in [4.78, 5) is 14.3. The van der Waals surface area contributed by atoms with Gasteiger partial charge in [0, 0.05) is 18.9 Å². The third kappa shape index (κ3) is 1.90. The SMILES string of the molecule is COC(=O)c1cc2c(Br)c(I)ccc2[nH]1. The summed E-state index contributed by atoms with van der Waals surface area (Å²) in [6.07, 6.45) is 0. The molecule has 0 amide bonds. The van der Waals surface area contributed by atoms with Crippen LogP contribution in [-0.4, -0.2) is 18.1 Å². The first kappa shape index (κ1) is 10.9. The van der Waals surface area contributed by atoms with Gasteiger partial charge in [0.2, 0.25) is 0 Å². The number of halogens is 2. The van der Waals surface area contributed by atoms with Crippen molar-refractivity contribution >= 4 is 55.4 Å². The number of aromatic nitrogens is 1. The number of H-pyrrole nitrogens is 1. The number of hydrogen-bond acceptors (Lipinski definition) is 2. The molecule has 0 saturated carbocycles. The predicted molar refractivity (Wildman–Crippen MR) is 70.1 cm³/mol. The van der Waals surface area contributed by atoms with E-state index in [1.54, 1.807) is 6.07 Å². The average molecular weight is 380 g/mol. The quantitative estimate of drug-likeness (QED) is 0.610. The van der Waals surface area contributed by atoms with Gasteiger partial charge >= 0.3 is 5.97 Å². The molecule has 0 aliphatic rings. The van der Waals surface area contributed by atoms with Gasteiger partial charge in [-0.2, -0.15) is 0 Å². The highest BCUT2D eigenvalue weighted by atomic mass is 127. The maximum absolute atomic E-state index is 11.3. The van der Waals surface area contributed by atoms with Crippen molar-refractivity contribution in [1.82, 2.24) is 4.98 Å². The Morgan fingerprint density at radius 3 is 2.93 bits per heavy atom. The van der Waals surface area contributed by atoms with Gasteiger partial charge < -0.3 is 9.72 Å². The summed E-state index contributed by atoms with van der Waals surface area (Å²) in [5.41, 5.74) is 1.39. The Hall–Kier alpha value is -0.560. The van der Waals surface area contributed by atoms with Crippen LogP contribution in [0.15, 0.2) is 22.7 Å². The van der Waals surface area contributed by atoms with E-state index in [-0.39, 0.29) is 5.97 Å². The number of esters is 1. The molecule has 0 saturated heterocycles. The molecule has 0 unspecified atom stereocenters. The highest BCUT2D eigenvalue weighted by Gasteiger charge is 2.12. The molecule has 1 aromatic heterocycles. The smallest absolute Gasteiger partial charge is 0.354 e. The van der Waals surface area contributed by atoms with Gasteiger partial charge in [-0.25, -0.2) is 4.79 Å². The molecular weight excluding hydrogens is 373 g/mol. The number of carbonyl (C=O) groups is 1. The number of rotatable bonds is 1. The largest absolute Gasteiger partial charge is 0.464 e. The fourth-order valence-corrected chi connectivity index (χ4v) is 2.29. The molecule has 2 aromatic rings. The lowest BCUT2D eigenvalue weighted by Gasteiger charge is -1.96. The van der Waals surface area contributed by atoms with Crippen LogP contribution in [0.25, 0.3) is 10.9 Å². The molecule has 0 atom stereocenters. The lowest BCUT2D eigenvalue weighted by Crippen LogP contribution is -2.00. The zero-order chi connectivity index (χ0) is 11.0. The number of carbonyl (C=O) groups excluding carboxylic acids is 1. The van der Waals surface area contributed by atoms with E-state index in [4.69, 9.17) is 0 Å². The van der Waals surface area contributed by atoms with Crippen molar-refractivity contribution < 1.29 is 9.53 Å². The second-order valence-corrected chi connectivity index (χ2v) is 4.95. The van der Waals surface area contributed by atoms with Crippen molar-refractivity contribution in [2.75, 3.05) is 7.11 Å². The van der Waals surface area contributed by atoms with Crippen molar-refractivity contribution in [2.45, 2.75) is 0 Å². The summed E-state index contributed by atoms with van der Waals surface area (Å²) in [5.74, 6) is -0.354. The van der Waals surface area contributed by atoms with E-state index in [2.05, 4.69) is 48.2 Å². The molecule has 15 heavy (non-hydrogen) atoms. The molecule has 0 fully saturated rings. The fraction of sp³-hybridized carbons (Fsp3) is 0.100. The van der Waals surface area contributed by atoms with E-state index in [1.165, 1.54) is 7.11 Å². The molecule has 1 heterocycles. The molecule has 0 radical (unpaired) electrons. The van der Waals surface area contributed by atoms with Gasteiger partial charge in [-0.15, -0.1) is 0 Å². The Kier molecular flexibility index (Phi) is 3.01. The maximum atomic E-state index is 11.3. The first-order valence-corrected chi connectivity index (χ1v) is 6.05. The predicted octanol–water partition coefficient (Wildman–Crippen LogP) is 3.32. The Bertz CT molecular complexity index is 535. The van der Waals surface area contributed by atoms with E-state index in [0.29, 0.717) is 5.69 Å². The van der Waals surface area contributed by atoms with Crippen molar-refractivity contribution in [3.63, 3.8) is 0 Å². The Balaban J connectivity index is 2.66. The van der Waals surface area contributed by atoms with Crippen LogP contribution in [-0.2, 0) is 4.74 Å². The van der Waals surface area contributed by atoms with Crippen LogP contribution in [0.2, 0.25) is 0 Å². The number of ether oxygens (including phenoxy) is 1. The Morgan fingerprint density at radius 2 is 2.27 bits per heavy atom. The number of fused-ring (bicyclic) bond motifs is 1. The summed E-state index contributed by atoms with van der Waals surface area (Å²) >= 11 is 5.72. The fourth-order valence-electron chi connectivity index (χ4n) is 1.36. The van der Waals surface area contributed by atoms with E-state index in [1.807, 2.05) is 12.1 Å². The summed E-state index contributed by atoms with van der Waals surface area (Å²) in [7, 11) is 1.37. The minimum absolute atomic E-state index is 0.354. The molecule has 78 valence electrons. The van der Waals surface area contributed by atoms with Crippen molar-refractivity contribution in [3.05, 3.63) is 31.9 Å². The Labute approximate surface area is 108 Å². The molecule has 1 N–H and O–H groups in total. The lowest BCUT2D eigenvalue weighted by atomic mass is 10.2. The van der Waals surface area contributed by atoms with Crippen LogP contribution in [0, 0.1) is 3.57 Å². The number of methoxy groups -OCH3 is 1. The minimum Gasteiger partial charge on any atom is -0.464 e. The summed E-state index contributed by atoms with van der Waals surface area (Å²) in [5, 5.41) is 0.988. The monoisotopic (exact) mass is 379 g/mol. The van der Waals surface area contributed by atoms with Gasteiger partial charge in [-0.3, -0.25) is 0 Å². The molecule has 3 nitrogen and oxygen atoms in total. The first-order chi connectivity index (χ1) is 7.13. The minimum atomic E-state index is -0.354. The van der Waals surface area contributed by atoms with Crippen LogP contribution in [0.1, 0.15) is 10.5 Å². The normalized spacial score (nSPS) is 10.6. The van der Waals surface area contributed by atoms with Crippen molar-refractivity contribution in [3.8, 4) is 0 Å². The highest BCUT2D eigenvalue weighted by Crippen LogP contribution is 2.29. The van der Waals surface area contributed by atoms with Gasteiger partial charge in [0.25, 0.3) is 0 Å². The maximum Gasteiger partial charge on any atom is 0.354 e. The van der Waals surface area contributed by atoms with E-state index < -0.39 is 0 Å². The van der Waals surface area contributed by atoms with Crippen LogP contribution < -0.4 is 0 Å². The van der Waals surface area contributed by atoms with Crippen LogP contribution in [0.3, 0.4) is 0 Å². The van der Waals surface area contributed by atoms with E-state index in [9.17, 15) is 4.79 Å². The number of aromatic amines is 1. The number of benzene rings is 1. The molecule has 1 aromatic carbocycles. The molecule has 5 heteroatoms. The van der Waals surface area contributed by atoms with Crippen LogP contribution >= 0.6 is 38.5 Å². The average Bonchev–Trinajstić information content (AvgIpc) is 2.67.